The highest BCUT2D eigenvalue weighted by Crippen LogP contribution is 2.28. The second kappa shape index (κ2) is 8.77. The largest absolute Gasteiger partial charge is 0.356 e. The van der Waals surface area contributed by atoms with E-state index in [0.717, 1.165) is 35.1 Å². The van der Waals surface area contributed by atoms with Crippen LogP contribution >= 0.6 is 35.0 Å². The third kappa shape index (κ3) is 4.29. The van der Waals surface area contributed by atoms with E-state index in [9.17, 15) is 4.79 Å². The molecule has 2 aromatic heterocycles. The Morgan fingerprint density at radius 1 is 1.24 bits per heavy atom. The first-order valence-corrected chi connectivity index (χ1v) is 11.3. The lowest BCUT2D eigenvalue weighted by Crippen LogP contribution is -2.27. The molecule has 1 saturated heterocycles. The Kier molecular flexibility index (Phi) is 6.12. The Bertz CT molecular complexity index is 1050. The highest BCUT2D eigenvalue weighted by atomic mass is 35.5. The van der Waals surface area contributed by atoms with E-state index >= 15 is 0 Å². The number of nitrogens with one attached hydrogen (secondary N) is 1. The van der Waals surface area contributed by atoms with Crippen molar-refractivity contribution < 1.29 is 4.79 Å². The first kappa shape index (κ1) is 20.3. The summed E-state index contributed by atoms with van der Waals surface area (Å²) in [6, 6.07) is 4.82. The Labute approximate surface area is 182 Å². The monoisotopic (exact) mass is 450 g/mol. The van der Waals surface area contributed by atoms with Crippen LogP contribution in [-0.4, -0.2) is 51.5 Å². The predicted octanol–water partition coefficient (Wildman–Crippen LogP) is 3.89. The number of anilines is 1. The van der Waals surface area contributed by atoms with Gasteiger partial charge in [-0.25, -0.2) is 14.6 Å². The lowest BCUT2D eigenvalue weighted by molar-refractivity contribution is 0.0952. The maximum absolute atomic E-state index is 12.4. The van der Waals surface area contributed by atoms with Crippen molar-refractivity contribution in [2.45, 2.75) is 24.5 Å². The average Bonchev–Trinajstić information content (AvgIpc) is 3.39. The molecule has 1 fully saturated rings. The van der Waals surface area contributed by atoms with Gasteiger partial charge >= 0.3 is 0 Å². The van der Waals surface area contributed by atoms with Crippen molar-refractivity contribution in [2.24, 2.45) is 0 Å². The van der Waals surface area contributed by atoms with Crippen molar-refractivity contribution >= 4 is 57.7 Å². The number of halogens is 2. The molecular weight excluding hydrogens is 431 g/mol. The van der Waals surface area contributed by atoms with Gasteiger partial charge in [0.05, 0.1) is 28.7 Å². The van der Waals surface area contributed by atoms with Crippen molar-refractivity contribution in [2.75, 3.05) is 30.8 Å². The molecule has 0 saturated carbocycles. The van der Waals surface area contributed by atoms with Gasteiger partial charge in [0.1, 0.15) is 5.82 Å². The van der Waals surface area contributed by atoms with E-state index in [-0.39, 0.29) is 5.91 Å². The normalized spacial score (nSPS) is 14.0. The zero-order valence-electron chi connectivity index (χ0n) is 15.9. The maximum Gasteiger partial charge on any atom is 0.252 e. The Morgan fingerprint density at radius 3 is 2.79 bits per heavy atom. The molecule has 0 atom stereocenters. The molecule has 4 rings (SSSR count). The second-order valence-electron chi connectivity index (χ2n) is 6.71. The van der Waals surface area contributed by atoms with Crippen LogP contribution in [0.15, 0.2) is 29.6 Å². The van der Waals surface area contributed by atoms with Gasteiger partial charge in [-0.1, -0.05) is 35.0 Å². The minimum absolute atomic E-state index is 0.272. The fraction of sp³-hybridized carbons (Fsp3) is 0.368. The van der Waals surface area contributed by atoms with Gasteiger partial charge in [0.15, 0.2) is 10.8 Å². The number of carbonyl (C=O) groups is 1. The SMILES string of the molecule is CSc1nc(N2CCCC2)c2cnn(CCNC(=O)c3cc(Cl)ccc3Cl)c2n1. The number of hydrogen-bond donors (Lipinski definition) is 1. The summed E-state index contributed by atoms with van der Waals surface area (Å²) in [4.78, 5) is 24.1. The fourth-order valence-electron chi connectivity index (χ4n) is 3.39. The number of fused-ring (bicyclic) bond motifs is 1. The van der Waals surface area contributed by atoms with E-state index in [1.165, 1.54) is 24.6 Å². The van der Waals surface area contributed by atoms with Gasteiger partial charge in [0.25, 0.3) is 5.91 Å². The van der Waals surface area contributed by atoms with Gasteiger partial charge < -0.3 is 10.2 Å². The number of aromatic nitrogens is 4. The van der Waals surface area contributed by atoms with Gasteiger partial charge in [-0.3, -0.25) is 4.79 Å². The molecule has 0 radical (unpaired) electrons. The highest BCUT2D eigenvalue weighted by Gasteiger charge is 2.20. The summed E-state index contributed by atoms with van der Waals surface area (Å²) in [5, 5.41) is 9.84. The van der Waals surface area contributed by atoms with Crippen molar-refractivity contribution in [1.29, 1.82) is 0 Å². The smallest absolute Gasteiger partial charge is 0.252 e. The number of rotatable bonds is 6. The molecule has 0 aliphatic carbocycles. The number of hydrogen-bond acceptors (Lipinski definition) is 6. The van der Waals surface area contributed by atoms with Gasteiger partial charge in [-0.05, 0) is 37.3 Å². The van der Waals surface area contributed by atoms with Crippen LogP contribution in [0.1, 0.15) is 23.2 Å². The number of nitrogens with zero attached hydrogens (tertiary/aromatic N) is 5. The van der Waals surface area contributed by atoms with Crippen molar-refractivity contribution in [3.63, 3.8) is 0 Å². The minimum atomic E-state index is -0.272. The lowest BCUT2D eigenvalue weighted by atomic mass is 10.2. The summed E-state index contributed by atoms with van der Waals surface area (Å²) in [6.45, 7) is 2.87. The zero-order chi connectivity index (χ0) is 20.4. The van der Waals surface area contributed by atoms with Crippen molar-refractivity contribution in [3.8, 4) is 0 Å². The number of carbonyl (C=O) groups excluding carboxylic acids is 1. The minimum Gasteiger partial charge on any atom is -0.356 e. The zero-order valence-corrected chi connectivity index (χ0v) is 18.2. The van der Waals surface area contributed by atoms with E-state index in [1.54, 1.807) is 22.9 Å². The maximum atomic E-state index is 12.4. The number of thioether (sulfide) groups is 1. The number of benzene rings is 1. The fourth-order valence-corrected chi connectivity index (χ4v) is 4.12. The van der Waals surface area contributed by atoms with Gasteiger partial charge in [-0.2, -0.15) is 5.10 Å². The predicted molar refractivity (Wildman–Crippen MR) is 117 cm³/mol. The third-order valence-corrected chi connectivity index (χ3v) is 5.94. The van der Waals surface area contributed by atoms with Crippen LogP contribution in [0.5, 0.6) is 0 Å². The Morgan fingerprint density at radius 2 is 2.03 bits per heavy atom. The molecule has 0 spiro atoms. The molecular formula is C19H20Cl2N6OS. The van der Waals surface area contributed by atoms with E-state index in [0.29, 0.717) is 28.7 Å². The molecule has 0 unspecified atom stereocenters. The van der Waals surface area contributed by atoms with Gasteiger partial charge in [0, 0.05) is 24.7 Å². The van der Waals surface area contributed by atoms with E-state index in [2.05, 4.69) is 20.3 Å². The van der Waals surface area contributed by atoms with Crippen LogP contribution in [0.25, 0.3) is 11.0 Å². The second-order valence-corrected chi connectivity index (χ2v) is 8.33. The van der Waals surface area contributed by atoms with Gasteiger partial charge in [0.2, 0.25) is 0 Å². The molecule has 1 aromatic carbocycles. The molecule has 1 N–H and O–H groups in total. The topological polar surface area (TPSA) is 75.9 Å². The molecule has 3 aromatic rings. The lowest BCUT2D eigenvalue weighted by Gasteiger charge is -2.17. The van der Waals surface area contributed by atoms with E-state index in [4.69, 9.17) is 28.2 Å². The van der Waals surface area contributed by atoms with Crippen LogP contribution < -0.4 is 10.2 Å². The highest BCUT2D eigenvalue weighted by molar-refractivity contribution is 7.98. The molecule has 29 heavy (non-hydrogen) atoms. The molecule has 0 bridgehead atoms. The standard InChI is InChI=1S/C19H20Cl2N6OS/c1-29-19-24-16(26-7-2-3-8-26)14-11-23-27(17(14)25-19)9-6-22-18(28)13-10-12(20)4-5-15(13)21/h4-5,10-11H,2-3,6-9H2,1H3,(H,22,28). The molecule has 10 heteroatoms. The number of amides is 1. The first-order chi connectivity index (χ1) is 14.1. The summed E-state index contributed by atoms with van der Waals surface area (Å²) in [5.41, 5.74) is 1.13. The molecule has 1 aliphatic heterocycles. The van der Waals surface area contributed by atoms with Crippen LogP contribution in [0.2, 0.25) is 10.0 Å². The summed E-state index contributed by atoms with van der Waals surface area (Å²) in [7, 11) is 0. The third-order valence-electron chi connectivity index (χ3n) is 4.83. The summed E-state index contributed by atoms with van der Waals surface area (Å²) in [5.74, 6) is 0.670. The van der Waals surface area contributed by atoms with E-state index in [1.807, 2.05) is 12.5 Å². The molecule has 1 amide bonds. The van der Waals surface area contributed by atoms with Crippen molar-refractivity contribution in [1.82, 2.24) is 25.1 Å². The van der Waals surface area contributed by atoms with Crippen LogP contribution in [0.4, 0.5) is 5.82 Å². The van der Waals surface area contributed by atoms with Crippen molar-refractivity contribution in [3.05, 3.63) is 40.0 Å². The average molecular weight is 451 g/mol. The molecule has 152 valence electrons. The summed E-state index contributed by atoms with van der Waals surface area (Å²) in [6.07, 6.45) is 6.12. The molecule has 3 heterocycles. The van der Waals surface area contributed by atoms with Crippen LogP contribution in [0, 0.1) is 0 Å². The quantitative estimate of drug-likeness (QED) is 0.453. The van der Waals surface area contributed by atoms with Crippen LogP contribution in [0.3, 0.4) is 0 Å². The first-order valence-electron chi connectivity index (χ1n) is 9.32. The summed E-state index contributed by atoms with van der Waals surface area (Å²) < 4.78 is 1.80. The van der Waals surface area contributed by atoms with Crippen LogP contribution in [-0.2, 0) is 6.54 Å². The Hall–Kier alpha value is -2.03. The van der Waals surface area contributed by atoms with Gasteiger partial charge in [-0.15, -0.1) is 0 Å². The molecule has 7 nitrogen and oxygen atoms in total. The van der Waals surface area contributed by atoms with E-state index < -0.39 is 0 Å². The summed E-state index contributed by atoms with van der Waals surface area (Å²) >= 11 is 13.6. The molecule has 1 aliphatic rings. The Balaban J connectivity index is 1.52.